The van der Waals surface area contributed by atoms with E-state index >= 15 is 0 Å². The van der Waals surface area contributed by atoms with Crippen LogP contribution < -0.4 is 10.6 Å². The minimum absolute atomic E-state index is 0. The number of hydrogen-bond acceptors (Lipinski definition) is 5. The summed E-state index contributed by atoms with van der Waals surface area (Å²) in [5.74, 6) is 2.40. The molecule has 0 atom stereocenters. The van der Waals surface area contributed by atoms with Crippen LogP contribution in [0.4, 0.5) is 0 Å². The number of aryl methyl sites for hydroxylation is 2. The van der Waals surface area contributed by atoms with Gasteiger partial charge in [-0.3, -0.25) is 4.90 Å². The maximum absolute atomic E-state index is 5.68. The molecule has 2 aliphatic heterocycles. The molecule has 0 aromatic carbocycles. The van der Waals surface area contributed by atoms with E-state index in [1.165, 1.54) is 58.3 Å². The smallest absolute Gasteiger partial charge is 0.216 e. The first-order valence-electron chi connectivity index (χ1n) is 10.9. The molecular formula is C21H39IN6O. The lowest BCUT2D eigenvalue weighted by Gasteiger charge is -2.50. The maximum atomic E-state index is 5.68. The molecule has 2 aliphatic rings. The van der Waals surface area contributed by atoms with Crippen LogP contribution in [-0.4, -0.2) is 72.6 Å². The summed E-state index contributed by atoms with van der Waals surface area (Å²) in [4.78, 5) is 14.4. The van der Waals surface area contributed by atoms with Crippen molar-refractivity contribution in [3.05, 3.63) is 17.3 Å². The molecule has 2 fully saturated rings. The molecule has 166 valence electrons. The van der Waals surface area contributed by atoms with Crippen molar-refractivity contribution >= 4 is 29.9 Å². The SMILES string of the molecule is CCNC(=NCc1nc(C)c(C)o1)NCC1(N2CCCCC2)CCN(C)CC1.I. The summed E-state index contributed by atoms with van der Waals surface area (Å²) in [6, 6.07) is 0. The lowest BCUT2D eigenvalue weighted by Crippen LogP contribution is -2.62. The Hall–Kier alpha value is -0.870. The lowest BCUT2D eigenvalue weighted by atomic mass is 9.84. The monoisotopic (exact) mass is 518 g/mol. The van der Waals surface area contributed by atoms with Gasteiger partial charge in [0.2, 0.25) is 5.89 Å². The summed E-state index contributed by atoms with van der Waals surface area (Å²) >= 11 is 0. The van der Waals surface area contributed by atoms with Gasteiger partial charge in [-0.25, -0.2) is 9.98 Å². The number of nitrogens with one attached hydrogen (secondary N) is 2. The zero-order chi connectivity index (χ0) is 20.0. The Bertz CT molecular complexity index is 628. The summed E-state index contributed by atoms with van der Waals surface area (Å²) in [5, 5.41) is 7.03. The minimum atomic E-state index is 0. The average molecular weight is 518 g/mol. The summed E-state index contributed by atoms with van der Waals surface area (Å²) in [5.41, 5.74) is 1.18. The van der Waals surface area contributed by atoms with Crippen LogP contribution in [-0.2, 0) is 6.54 Å². The molecule has 0 radical (unpaired) electrons. The van der Waals surface area contributed by atoms with Gasteiger partial charge in [0.15, 0.2) is 5.96 Å². The summed E-state index contributed by atoms with van der Waals surface area (Å²) in [7, 11) is 2.24. The van der Waals surface area contributed by atoms with Crippen LogP contribution in [0.1, 0.15) is 56.4 Å². The molecule has 29 heavy (non-hydrogen) atoms. The van der Waals surface area contributed by atoms with Crippen LogP contribution in [0, 0.1) is 13.8 Å². The number of hydrogen-bond donors (Lipinski definition) is 2. The fourth-order valence-corrected chi connectivity index (χ4v) is 4.35. The largest absolute Gasteiger partial charge is 0.444 e. The van der Waals surface area contributed by atoms with Crippen LogP contribution >= 0.6 is 24.0 Å². The normalized spacial score (nSPS) is 20.9. The molecule has 0 saturated carbocycles. The molecule has 8 heteroatoms. The van der Waals surface area contributed by atoms with Gasteiger partial charge in [-0.1, -0.05) is 6.42 Å². The molecule has 7 nitrogen and oxygen atoms in total. The topological polar surface area (TPSA) is 68.9 Å². The summed E-state index contributed by atoms with van der Waals surface area (Å²) in [6.07, 6.45) is 6.46. The van der Waals surface area contributed by atoms with E-state index < -0.39 is 0 Å². The molecule has 0 unspecified atom stereocenters. The Morgan fingerprint density at radius 3 is 2.38 bits per heavy atom. The fourth-order valence-electron chi connectivity index (χ4n) is 4.35. The molecule has 0 bridgehead atoms. The Labute approximate surface area is 193 Å². The summed E-state index contributed by atoms with van der Waals surface area (Å²) < 4.78 is 5.68. The van der Waals surface area contributed by atoms with Gasteiger partial charge in [-0.05, 0) is 79.7 Å². The van der Waals surface area contributed by atoms with E-state index in [9.17, 15) is 0 Å². The van der Waals surface area contributed by atoms with Crippen molar-refractivity contribution in [1.29, 1.82) is 0 Å². The zero-order valence-electron chi connectivity index (χ0n) is 18.6. The van der Waals surface area contributed by atoms with Gasteiger partial charge >= 0.3 is 0 Å². The Kier molecular flexibility index (Phi) is 9.68. The molecule has 1 aromatic rings. The maximum Gasteiger partial charge on any atom is 0.216 e. The second-order valence-corrected chi connectivity index (χ2v) is 8.37. The first kappa shape index (κ1) is 24.4. The molecule has 2 saturated heterocycles. The number of piperidine rings is 2. The van der Waals surface area contributed by atoms with Gasteiger partial charge in [0.05, 0.1) is 5.69 Å². The average Bonchev–Trinajstić information content (AvgIpc) is 3.04. The Morgan fingerprint density at radius 1 is 1.10 bits per heavy atom. The Balaban J connectivity index is 0.00000300. The third-order valence-electron chi connectivity index (χ3n) is 6.32. The second-order valence-electron chi connectivity index (χ2n) is 8.37. The number of likely N-dealkylation sites (tertiary alicyclic amines) is 2. The van der Waals surface area contributed by atoms with Gasteiger partial charge < -0.3 is 20.0 Å². The summed E-state index contributed by atoms with van der Waals surface area (Å²) in [6.45, 7) is 13.1. The molecule has 0 aliphatic carbocycles. The van der Waals surface area contributed by atoms with E-state index in [4.69, 9.17) is 9.41 Å². The molecule has 1 aromatic heterocycles. The van der Waals surface area contributed by atoms with Crippen molar-refractivity contribution in [2.75, 3.05) is 46.3 Å². The molecule has 0 amide bonds. The first-order valence-corrected chi connectivity index (χ1v) is 10.9. The van der Waals surface area contributed by atoms with Gasteiger partial charge in [0.1, 0.15) is 12.3 Å². The van der Waals surface area contributed by atoms with Crippen LogP contribution in [0.15, 0.2) is 9.41 Å². The number of guanidine groups is 1. The van der Waals surface area contributed by atoms with Crippen molar-refractivity contribution in [2.24, 2.45) is 4.99 Å². The predicted molar refractivity (Wildman–Crippen MR) is 129 cm³/mol. The molecule has 2 N–H and O–H groups in total. The molecule has 3 heterocycles. The van der Waals surface area contributed by atoms with E-state index in [0.29, 0.717) is 12.4 Å². The number of aromatic nitrogens is 1. The van der Waals surface area contributed by atoms with Gasteiger partial charge in [-0.2, -0.15) is 0 Å². The molecule has 3 rings (SSSR count). The van der Waals surface area contributed by atoms with Crippen LogP contribution in [0.2, 0.25) is 0 Å². The highest BCUT2D eigenvalue weighted by atomic mass is 127. The highest BCUT2D eigenvalue weighted by molar-refractivity contribution is 14.0. The van der Waals surface area contributed by atoms with Crippen LogP contribution in [0.3, 0.4) is 0 Å². The molecular weight excluding hydrogens is 479 g/mol. The van der Waals surface area contributed by atoms with E-state index in [0.717, 1.165) is 30.5 Å². The highest BCUT2D eigenvalue weighted by Crippen LogP contribution is 2.30. The number of oxazole rings is 1. The van der Waals surface area contributed by atoms with Crippen LogP contribution in [0.5, 0.6) is 0 Å². The Morgan fingerprint density at radius 2 is 1.79 bits per heavy atom. The van der Waals surface area contributed by atoms with Crippen molar-refractivity contribution < 1.29 is 4.42 Å². The third kappa shape index (κ3) is 6.55. The van der Waals surface area contributed by atoms with E-state index in [2.05, 4.69) is 39.4 Å². The predicted octanol–water partition coefficient (Wildman–Crippen LogP) is 2.91. The standard InChI is InChI=1S/C21H38N6O.HI/c1-5-22-20(23-15-19-25-17(2)18(3)28-19)24-16-21(9-13-26(4)14-10-21)27-11-7-6-8-12-27;/h5-16H2,1-4H3,(H2,22,23,24);1H. The lowest BCUT2D eigenvalue weighted by molar-refractivity contribution is 0.0173. The van der Waals surface area contributed by atoms with Gasteiger partial charge in [-0.15, -0.1) is 24.0 Å². The van der Waals surface area contributed by atoms with Gasteiger partial charge in [0.25, 0.3) is 0 Å². The number of halogens is 1. The third-order valence-corrected chi connectivity index (χ3v) is 6.32. The number of aliphatic imine (C=N–C) groups is 1. The quantitative estimate of drug-likeness (QED) is 0.343. The van der Waals surface area contributed by atoms with Crippen LogP contribution in [0.25, 0.3) is 0 Å². The second kappa shape index (κ2) is 11.5. The van der Waals surface area contributed by atoms with E-state index in [1.807, 2.05) is 13.8 Å². The number of rotatable bonds is 6. The van der Waals surface area contributed by atoms with Crippen molar-refractivity contribution in [2.45, 2.75) is 65.0 Å². The van der Waals surface area contributed by atoms with E-state index in [-0.39, 0.29) is 29.5 Å². The van der Waals surface area contributed by atoms with Crippen molar-refractivity contribution in [3.63, 3.8) is 0 Å². The minimum Gasteiger partial charge on any atom is -0.444 e. The van der Waals surface area contributed by atoms with E-state index in [1.54, 1.807) is 0 Å². The van der Waals surface area contributed by atoms with Gasteiger partial charge in [0, 0.05) is 18.6 Å². The fraction of sp³-hybridized carbons (Fsp3) is 0.810. The highest BCUT2D eigenvalue weighted by Gasteiger charge is 2.39. The first-order chi connectivity index (χ1) is 13.5. The van der Waals surface area contributed by atoms with Crippen molar-refractivity contribution in [3.8, 4) is 0 Å². The number of nitrogens with zero attached hydrogens (tertiary/aromatic N) is 4. The van der Waals surface area contributed by atoms with Crippen molar-refractivity contribution in [1.82, 2.24) is 25.4 Å². The zero-order valence-corrected chi connectivity index (χ0v) is 20.9. The molecule has 0 spiro atoms.